The Labute approximate surface area is 119 Å². The van der Waals surface area contributed by atoms with Crippen molar-refractivity contribution in [2.75, 3.05) is 0 Å². The highest BCUT2D eigenvalue weighted by atomic mass is 19.1. The first kappa shape index (κ1) is 13.3. The van der Waals surface area contributed by atoms with Crippen molar-refractivity contribution in [3.63, 3.8) is 0 Å². The minimum Gasteiger partial charge on any atom is -0.310 e. The Morgan fingerprint density at radius 2 is 1.95 bits per heavy atom. The quantitative estimate of drug-likeness (QED) is 0.853. The molecule has 2 aromatic carbocycles. The number of nitrogens with one attached hydrogen (secondary N) is 1. The lowest BCUT2D eigenvalue weighted by atomic mass is 9.99. The summed E-state index contributed by atoms with van der Waals surface area (Å²) in [6, 6.07) is 14.2. The highest BCUT2D eigenvalue weighted by molar-refractivity contribution is 5.65. The standard InChI is InChI=1S/C18H20FN/c1-2-13-4-3-5-15(10-13)17-11-14(6-9-18(17)19)12-20-16-7-8-16/h3-6,9-11,16,20H,2,7-8,12H2,1H3. The second-order valence-corrected chi connectivity index (χ2v) is 5.52. The predicted molar refractivity (Wildman–Crippen MR) is 81.1 cm³/mol. The molecule has 1 fully saturated rings. The van der Waals surface area contributed by atoms with Gasteiger partial charge in [-0.25, -0.2) is 4.39 Å². The average molecular weight is 269 g/mol. The zero-order valence-electron chi connectivity index (χ0n) is 11.8. The van der Waals surface area contributed by atoms with Crippen LogP contribution in [-0.4, -0.2) is 6.04 Å². The van der Waals surface area contributed by atoms with Gasteiger partial charge in [0, 0.05) is 18.2 Å². The molecule has 3 rings (SSSR count). The molecule has 1 N–H and O–H groups in total. The summed E-state index contributed by atoms with van der Waals surface area (Å²) in [6.07, 6.45) is 3.51. The van der Waals surface area contributed by atoms with Crippen LogP contribution in [0.3, 0.4) is 0 Å². The van der Waals surface area contributed by atoms with Gasteiger partial charge in [-0.3, -0.25) is 0 Å². The van der Waals surface area contributed by atoms with E-state index in [9.17, 15) is 4.39 Å². The van der Waals surface area contributed by atoms with Crippen molar-refractivity contribution in [3.05, 3.63) is 59.4 Å². The number of rotatable bonds is 5. The lowest BCUT2D eigenvalue weighted by Crippen LogP contribution is -2.15. The molecule has 0 aliphatic heterocycles. The lowest BCUT2D eigenvalue weighted by Gasteiger charge is -2.09. The fourth-order valence-electron chi connectivity index (χ4n) is 2.41. The molecule has 0 spiro atoms. The van der Waals surface area contributed by atoms with Gasteiger partial charge in [-0.2, -0.15) is 0 Å². The van der Waals surface area contributed by atoms with Crippen LogP contribution in [0.4, 0.5) is 4.39 Å². The van der Waals surface area contributed by atoms with Gasteiger partial charge in [0.05, 0.1) is 0 Å². The molecule has 2 aromatic rings. The summed E-state index contributed by atoms with van der Waals surface area (Å²) in [7, 11) is 0. The van der Waals surface area contributed by atoms with E-state index in [4.69, 9.17) is 0 Å². The van der Waals surface area contributed by atoms with E-state index in [1.54, 1.807) is 6.07 Å². The summed E-state index contributed by atoms with van der Waals surface area (Å²) < 4.78 is 14.1. The van der Waals surface area contributed by atoms with Gasteiger partial charge >= 0.3 is 0 Å². The normalized spacial score (nSPS) is 14.5. The average Bonchev–Trinajstić information content (AvgIpc) is 3.31. The van der Waals surface area contributed by atoms with Crippen LogP contribution in [0.25, 0.3) is 11.1 Å². The third kappa shape index (κ3) is 3.07. The monoisotopic (exact) mass is 269 g/mol. The molecule has 0 bridgehead atoms. The van der Waals surface area contributed by atoms with E-state index in [2.05, 4.69) is 24.4 Å². The molecule has 0 radical (unpaired) electrons. The minimum absolute atomic E-state index is 0.145. The molecule has 0 unspecified atom stereocenters. The number of aryl methyl sites for hydroxylation is 1. The lowest BCUT2D eigenvalue weighted by molar-refractivity contribution is 0.628. The number of halogens is 1. The smallest absolute Gasteiger partial charge is 0.131 e. The van der Waals surface area contributed by atoms with Crippen LogP contribution in [0, 0.1) is 5.82 Å². The number of hydrogen-bond acceptors (Lipinski definition) is 1. The molecule has 1 saturated carbocycles. The van der Waals surface area contributed by atoms with E-state index in [1.165, 1.54) is 18.4 Å². The molecule has 1 aliphatic carbocycles. The summed E-state index contributed by atoms with van der Waals surface area (Å²) >= 11 is 0. The van der Waals surface area contributed by atoms with E-state index in [-0.39, 0.29) is 5.82 Å². The van der Waals surface area contributed by atoms with Gasteiger partial charge in [0.2, 0.25) is 0 Å². The Hall–Kier alpha value is -1.67. The van der Waals surface area contributed by atoms with Crippen LogP contribution in [0.2, 0.25) is 0 Å². The fraction of sp³-hybridized carbons (Fsp3) is 0.333. The van der Waals surface area contributed by atoms with Crippen LogP contribution in [0.5, 0.6) is 0 Å². The second kappa shape index (κ2) is 5.76. The molecule has 1 nitrogen and oxygen atoms in total. The summed E-state index contributed by atoms with van der Waals surface area (Å²) in [6.45, 7) is 2.94. The Bertz CT molecular complexity index is 602. The largest absolute Gasteiger partial charge is 0.310 e. The first-order chi connectivity index (χ1) is 9.76. The predicted octanol–water partition coefficient (Wildman–Crippen LogP) is 4.31. The van der Waals surface area contributed by atoms with Gasteiger partial charge in [-0.15, -0.1) is 0 Å². The van der Waals surface area contributed by atoms with Gasteiger partial charge in [-0.1, -0.05) is 37.3 Å². The molecule has 1 aliphatic rings. The first-order valence-electron chi connectivity index (χ1n) is 7.37. The maximum atomic E-state index is 14.1. The van der Waals surface area contributed by atoms with Crippen LogP contribution in [-0.2, 0) is 13.0 Å². The minimum atomic E-state index is -0.145. The van der Waals surface area contributed by atoms with Gasteiger partial charge in [0.15, 0.2) is 0 Å². The molecule has 0 atom stereocenters. The molecular weight excluding hydrogens is 249 g/mol. The van der Waals surface area contributed by atoms with Crippen LogP contribution in [0.1, 0.15) is 30.9 Å². The van der Waals surface area contributed by atoms with Crippen LogP contribution >= 0.6 is 0 Å². The van der Waals surface area contributed by atoms with Gasteiger partial charge < -0.3 is 5.32 Å². The molecule has 2 heteroatoms. The summed E-state index contributed by atoms with van der Waals surface area (Å²) in [5, 5.41) is 3.47. The van der Waals surface area contributed by atoms with Crippen molar-refractivity contribution in [2.45, 2.75) is 38.8 Å². The van der Waals surface area contributed by atoms with Crippen molar-refractivity contribution < 1.29 is 4.39 Å². The highest BCUT2D eigenvalue weighted by Crippen LogP contribution is 2.26. The van der Waals surface area contributed by atoms with Crippen molar-refractivity contribution >= 4 is 0 Å². The SMILES string of the molecule is CCc1cccc(-c2cc(CNC3CC3)ccc2F)c1. The van der Waals surface area contributed by atoms with Crippen molar-refractivity contribution in [1.82, 2.24) is 5.32 Å². The van der Waals surface area contributed by atoms with E-state index >= 15 is 0 Å². The molecule has 0 saturated heterocycles. The fourth-order valence-corrected chi connectivity index (χ4v) is 2.41. The zero-order chi connectivity index (χ0) is 13.9. The van der Waals surface area contributed by atoms with Gasteiger partial charge in [0.25, 0.3) is 0 Å². The number of hydrogen-bond donors (Lipinski definition) is 1. The number of benzene rings is 2. The van der Waals surface area contributed by atoms with Gasteiger partial charge in [-0.05, 0) is 48.1 Å². The maximum Gasteiger partial charge on any atom is 0.131 e. The van der Waals surface area contributed by atoms with Gasteiger partial charge in [0.1, 0.15) is 5.82 Å². The third-order valence-electron chi connectivity index (χ3n) is 3.85. The van der Waals surface area contributed by atoms with Crippen LogP contribution < -0.4 is 5.32 Å². The molecule has 0 aromatic heterocycles. The Balaban J connectivity index is 1.87. The first-order valence-corrected chi connectivity index (χ1v) is 7.37. The summed E-state index contributed by atoms with van der Waals surface area (Å²) in [5.74, 6) is -0.145. The van der Waals surface area contributed by atoms with E-state index in [0.717, 1.165) is 24.1 Å². The second-order valence-electron chi connectivity index (χ2n) is 5.52. The summed E-state index contributed by atoms with van der Waals surface area (Å²) in [4.78, 5) is 0. The summed E-state index contributed by atoms with van der Waals surface area (Å²) in [5.41, 5.74) is 4.06. The molecule has 20 heavy (non-hydrogen) atoms. The van der Waals surface area contributed by atoms with Crippen molar-refractivity contribution in [1.29, 1.82) is 0 Å². The van der Waals surface area contributed by atoms with E-state index in [1.807, 2.05) is 24.3 Å². The Kier molecular flexibility index (Phi) is 3.83. The molecule has 0 heterocycles. The topological polar surface area (TPSA) is 12.0 Å². The van der Waals surface area contributed by atoms with E-state index < -0.39 is 0 Å². The molecule has 104 valence electrons. The molecule has 0 amide bonds. The Morgan fingerprint density at radius 3 is 2.70 bits per heavy atom. The highest BCUT2D eigenvalue weighted by Gasteiger charge is 2.20. The molecular formula is C18H20FN. The van der Waals surface area contributed by atoms with E-state index in [0.29, 0.717) is 11.6 Å². The van der Waals surface area contributed by atoms with Crippen LogP contribution in [0.15, 0.2) is 42.5 Å². The van der Waals surface area contributed by atoms with Crippen molar-refractivity contribution in [2.24, 2.45) is 0 Å². The Morgan fingerprint density at radius 1 is 1.10 bits per heavy atom. The third-order valence-corrected chi connectivity index (χ3v) is 3.85. The van der Waals surface area contributed by atoms with Crippen molar-refractivity contribution in [3.8, 4) is 11.1 Å². The zero-order valence-corrected chi connectivity index (χ0v) is 11.8. The maximum absolute atomic E-state index is 14.1.